The molecule has 0 aliphatic carbocycles. The van der Waals surface area contributed by atoms with Gasteiger partial charge in [0.25, 0.3) is 17.5 Å². The lowest BCUT2D eigenvalue weighted by Crippen LogP contribution is -2.48. The number of anilines is 1. The first kappa shape index (κ1) is 28.5. The van der Waals surface area contributed by atoms with Crippen LogP contribution in [0.25, 0.3) is 10.2 Å². The molecule has 4 aromatic rings. The molecule has 1 saturated heterocycles. The number of hydrogen-bond acceptors (Lipinski definition) is 9. The summed E-state index contributed by atoms with van der Waals surface area (Å²) in [4.78, 5) is 43.8. The molecule has 5 rings (SSSR count). The number of carbonyl (C=O) groups excluding carboxylic acids is 2. The number of rotatable bonds is 8. The molecule has 0 saturated carbocycles. The third kappa shape index (κ3) is 6.50. The number of fused-ring (bicyclic) bond motifs is 1. The molecule has 1 fully saturated rings. The number of methoxy groups -OCH3 is 1. The number of morpholine rings is 1. The largest absolute Gasteiger partial charge is 0.496 e. The molecule has 2 atom stereocenters. The normalized spacial score (nSPS) is 16.9. The summed E-state index contributed by atoms with van der Waals surface area (Å²) in [5.41, 5.74) is 2.71. The molecule has 12 heteroatoms. The number of thiazole rings is 1. The average molecular weight is 593 g/mol. The Hall–Kier alpha value is -4.00. The van der Waals surface area contributed by atoms with Crippen molar-refractivity contribution in [3.63, 3.8) is 0 Å². The predicted molar refractivity (Wildman–Crippen MR) is 159 cm³/mol. The molecule has 0 bridgehead atoms. The number of nitro groups is 1. The van der Waals surface area contributed by atoms with Crippen molar-refractivity contribution >= 4 is 56.5 Å². The molecule has 1 aliphatic heterocycles. The van der Waals surface area contributed by atoms with Gasteiger partial charge in [-0.3, -0.25) is 19.7 Å². The fourth-order valence-corrected chi connectivity index (χ4v) is 6.84. The molecule has 3 aromatic carbocycles. The number of nitro benzene ring substituents is 1. The van der Waals surface area contributed by atoms with E-state index in [4.69, 9.17) is 9.47 Å². The van der Waals surface area contributed by atoms with Crippen molar-refractivity contribution in [2.45, 2.75) is 36.1 Å². The third-order valence-corrected chi connectivity index (χ3v) is 8.77. The van der Waals surface area contributed by atoms with Crippen LogP contribution in [-0.2, 0) is 10.5 Å². The molecule has 0 unspecified atom stereocenters. The highest BCUT2D eigenvalue weighted by atomic mass is 32.2. The average Bonchev–Trinajstić information content (AvgIpc) is 3.37. The molecule has 41 heavy (non-hydrogen) atoms. The number of nitrogens with one attached hydrogen (secondary N) is 1. The minimum Gasteiger partial charge on any atom is -0.496 e. The van der Waals surface area contributed by atoms with Crippen molar-refractivity contribution in [3.05, 3.63) is 87.5 Å². The van der Waals surface area contributed by atoms with Gasteiger partial charge >= 0.3 is 0 Å². The zero-order valence-electron chi connectivity index (χ0n) is 22.7. The first-order valence-corrected chi connectivity index (χ1v) is 14.7. The molecule has 2 heterocycles. The van der Waals surface area contributed by atoms with Gasteiger partial charge in [0.1, 0.15) is 5.75 Å². The standard InChI is InChI=1S/C29H28N4O6S2/c1-17-14-32(15-18(2)39-17)28(35)23-7-5-4-6-22(23)27(34)30-20-8-10-24-26(13-20)41-29(31-24)40-16-19-12-21(33(36)37)9-11-25(19)38-3/h4-13,17-18H,14-16H2,1-3H3,(H,30,34)/t17-,18-/m0/s1. The number of thioether (sulfide) groups is 1. The van der Waals surface area contributed by atoms with Crippen LogP contribution in [0.1, 0.15) is 40.1 Å². The van der Waals surface area contributed by atoms with Gasteiger partial charge < -0.3 is 19.7 Å². The van der Waals surface area contributed by atoms with Gasteiger partial charge in [0.05, 0.1) is 45.6 Å². The first-order valence-electron chi connectivity index (χ1n) is 12.9. The maximum absolute atomic E-state index is 13.3. The van der Waals surface area contributed by atoms with Crippen molar-refractivity contribution in [2.24, 2.45) is 0 Å². The van der Waals surface area contributed by atoms with Crippen LogP contribution in [0.3, 0.4) is 0 Å². The number of hydrogen-bond donors (Lipinski definition) is 1. The lowest BCUT2D eigenvalue weighted by Gasteiger charge is -2.35. The summed E-state index contributed by atoms with van der Waals surface area (Å²) in [5, 5.41) is 14.1. The second-order valence-corrected chi connectivity index (χ2v) is 11.9. The van der Waals surface area contributed by atoms with Crippen molar-refractivity contribution in [1.29, 1.82) is 0 Å². The van der Waals surface area contributed by atoms with Gasteiger partial charge in [0.2, 0.25) is 0 Å². The second-order valence-electron chi connectivity index (χ2n) is 9.67. The number of benzene rings is 3. The van der Waals surface area contributed by atoms with Gasteiger partial charge in [0, 0.05) is 42.2 Å². The Balaban J connectivity index is 1.30. The Bertz CT molecular complexity index is 1610. The van der Waals surface area contributed by atoms with E-state index >= 15 is 0 Å². The first-order chi connectivity index (χ1) is 19.7. The quantitative estimate of drug-likeness (QED) is 0.150. The van der Waals surface area contributed by atoms with Crippen LogP contribution in [0.15, 0.2) is 65.0 Å². The molecule has 1 aliphatic rings. The molecule has 1 N–H and O–H groups in total. The summed E-state index contributed by atoms with van der Waals surface area (Å²) in [7, 11) is 1.53. The Morgan fingerprint density at radius 3 is 2.56 bits per heavy atom. The molecular weight excluding hydrogens is 564 g/mol. The zero-order valence-corrected chi connectivity index (χ0v) is 24.3. The van der Waals surface area contributed by atoms with E-state index in [-0.39, 0.29) is 29.7 Å². The number of ether oxygens (including phenoxy) is 2. The van der Waals surface area contributed by atoms with Crippen LogP contribution in [0.4, 0.5) is 11.4 Å². The summed E-state index contributed by atoms with van der Waals surface area (Å²) >= 11 is 2.91. The summed E-state index contributed by atoms with van der Waals surface area (Å²) in [5.74, 6) is 0.447. The molecule has 0 spiro atoms. The Morgan fingerprint density at radius 2 is 1.85 bits per heavy atom. The van der Waals surface area contributed by atoms with E-state index in [1.165, 1.54) is 42.3 Å². The summed E-state index contributed by atoms with van der Waals surface area (Å²) in [6.07, 6.45) is -0.155. The Kier molecular flexibility index (Phi) is 8.52. The van der Waals surface area contributed by atoms with E-state index in [9.17, 15) is 19.7 Å². The lowest BCUT2D eigenvalue weighted by atomic mass is 10.0. The fourth-order valence-electron chi connectivity index (χ4n) is 4.75. The number of nitrogens with zero attached hydrogens (tertiary/aromatic N) is 3. The van der Waals surface area contributed by atoms with E-state index in [2.05, 4.69) is 10.3 Å². The molecule has 2 amide bonds. The zero-order chi connectivity index (χ0) is 29.1. The monoisotopic (exact) mass is 592 g/mol. The van der Waals surface area contributed by atoms with Crippen LogP contribution >= 0.6 is 23.1 Å². The van der Waals surface area contributed by atoms with E-state index in [0.29, 0.717) is 47.0 Å². The lowest BCUT2D eigenvalue weighted by molar-refractivity contribution is -0.384. The molecule has 1 aromatic heterocycles. The van der Waals surface area contributed by atoms with Crippen LogP contribution in [0, 0.1) is 10.1 Å². The predicted octanol–water partition coefficient (Wildman–Crippen LogP) is 6.01. The number of non-ortho nitro benzene ring substituents is 1. The van der Waals surface area contributed by atoms with Crippen LogP contribution in [0.2, 0.25) is 0 Å². The van der Waals surface area contributed by atoms with Crippen LogP contribution < -0.4 is 10.1 Å². The van der Waals surface area contributed by atoms with E-state index < -0.39 is 4.92 Å². The van der Waals surface area contributed by atoms with E-state index in [0.717, 1.165) is 14.6 Å². The highest BCUT2D eigenvalue weighted by molar-refractivity contribution is 8.00. The number of aromatic nitrogens is 1. The van der Waals surface area contributed by atoms with Gasteiger partial charge in [-0.2, -0.15) is 0 Å². The van der Waals surface area contributed by atoms with Gasteiger partial charge in [-0.25, -0.2) is 4.98 Å². The summed E-state index contributed by atoms with van der Waals surface area (Å²) < 4.78 is 12.8. The molecule has 0 radical (unpaired) electrons. The minimum atomic E-state index is -0.432. The van der Waals surface area contributed by atoms with Crippen molar-refractivity contribution in [3.8, 4) is 5.75 Å². The van der Waals surface area contributed by atoms with E-state index in [1.54, 1.807) is 41.3 Å². The third-order valence-electron chi connectivity index (χ3n) is 6.56. The van der Waals surface area contributed by atoms with Gasteiger partial charge in [-0.15, -0.1) is 11.3 Å². The number of amides is 2. The highest BCUT2D eigenvalue weighted by Gasteiger charge is 2.29. The Labute approximate surface area is 244 Å². The highest BCUT2D eigenvalue weighted by Crippen LogP contribution is 2.35. The maximum Gasteiger partial charge on any atom is 0.270 e. The summed E-state index contributed by atoms with van der Waals surface area (Å²) in [6.45, 7) is 4.79. The Morgan fingerprint density at radius 1 is 1.12 bits per heavy atom. The summed E-state index contributed by atoms with van der Waals surface area (Å²) in [6, 6.07) is 16.8. The van der Waals surface area contributed by atoms with E-state index in [1.807, 2.05) is 26.0 Å². The second kappa shape index (κ2) is 12.2. The van der Waals surface area contributed by atoms with Crippen molar-refractivity contribution in [1.82, 2.24) is 9.88 Å². The van der Waals surface area contributed by atoms with Crippen LogP contribution in [-0.4, -0.2) is 59.0 Å². The topological polar surface area (TPSA) is 124 Å². The SMILES string of the molecule is COc1ccc([N+](=O)[O-])cc1CSc1nc2ccc(NC(=O)c3ccccc3C(=O)N3C[C@H](C)O[C@@H](C)C3)cc2s1. The molecule has 10 nitrogen and oxygen atoms in total. The van der Waals surface area contributed by atoms with Gasteiger partial charge in [-0.05, 0) is 50.2 Å². The maximum atomic E-state index is 13.3. The number of carbonyl (C=O) groups is 2. The van der Waals surface area contributed by atoms with Gasteiger partial charge in [-0.1, -0.05) is 23.9 Å². The van der Waals surface area contributed by atoms with Gasteiger partial charge in [0.15, 0.2) is 4.34 Å². The molecular formula is C29H28N4O6S2. The molecule has 212 valence electrons. The van der Waals surface area contributed by atoms with Crippen molar-refractivity contribution < 1.29 is 24.0 Å². The minimum absolute atomic E-state index is 0.00317. The fraction of sp³-hybridized carbons (Fsp3) is 0.276. The van der Waals surface area contributed by atoms with Crippen LogP contribution in [0.5, 0.6) is 5.75 Å². The van der Waals surface area contributed by atoms with Crippen molar-refractivity contribution in [2.75, 3.05) is 25.5 Å². The smallest absolute Gasteiger partial charge is 0.270 e.